The highest BCUT2D eigenvalue weighted by atomic mass is 35.5. The van der Waals surface area contributed by atoms with Crippen LogP contribution in [0.3, 0.4) is 0 Å². The fraction of sp³-hybridized carbons (Fsp3) is 0.100. The van der Waals surface area contributed by atoms with Gasteiger partial charge >= 0.3 is 0 Å². The van der Waals surface area contributed by atoms with Crippen molar-refractivity contribution < 1.29 is 8.42 Å². The molecule has 7 heteroatoms. The van der Waals surface area contributed by atoms with Gasteiger partial charge in [-0.1, -0.05) is 23.2 Å². The SMILES string of the molecule is Cc1nccn1S(=O)(=O)c1ccc(Cl)cc1Cl. The summed E-state index contributed by atoms with van der Waals surface area (Å²) in [6, 6.07) is 4.24. The molecule has 17 heavy (non-hydrogen) atoms. The topological polar surface area (TPSA) is 52.0 Å². The minimum atomic E-state index is -3.71. The number of hydrogen-bond acceptors (Lipinski definition) is 3. The average Bonchev–Trinajstić information content (AvgIpc) is 2.64. The van der Waals surface area contributed by atoms with Crippen LogP contribution < -0.4 is 0 Å². The highest BCUT2D eigenvalue weighted by Crippen LogP contribution is 2.26. The number of nitrogens with zero attached hydrogens (tertiary/aromatic N) is 2. The Hall–Kier alpha value is -1.04. The van der Waals surface area contributed by atoms with E-state index in [4.69, 9.17) is 23.2 Å². The van der Waals surface area contributed by atoms with Crippen LogP contribution in [0.5, 0.6) is 0 Å². The van der Waals surface area contributed by atoms with Gasteiger partial charge in [-0.2, -0.15) is 0 Å². The fourth-order valence-corrected chi connectivity index (χ4v) is 3.48. The third-order valence-corrected chi connectivity index (χ3v) is 4.69. The zero-order chi connectivity index (χ0) is 12.6. The molecular formula is C10H8Cl2N2O2S. The summed E-state index contributed by atoms with van der Waals surface area (Å²) in [6.07, 6.45) is 2.78. The molecule has 1 aromatic carbocycles. The molecule has 0 aliphatic heterocycles. The third kappa shape index (κ3) is 2.18. The Labute approximate surface area is 109 Å². The molecule has 0 aliphatic carbocycles. The first-order valence-corrected chi connectivity index (χ1v) is 6.83. The minimum absolute atomic E-state index is 0.00432. The second-order valence-electron chi connectivity index (χ2n) is 3.35. The van der Waals surface area contributed by atoms with Crippen LogP contribution >= 0.6 is 23.2 Å². The van der Waals surface area contributed by atoms with Gasteiger partial charge in [0.15, 0.2) is 0 Å². The van der Waals surface area contributed by atoms with Crippen molar-refractivity contribution in [3.05, 3.63) is 46.5 Å². The van der Waals surface area contributed by atoms with Gasteiger partial charge < -0.3 is 0 Å². The van der Waals surface area contributed by atoms with Crippen LogP contribution in [0.2, 0.25) is 10.0 Å². The van der Waals surface area contributed by atoms with Crippen molar-refractivity contribution in [1.82, 2.24) is 8.96 Å². The summed E-state index contributed by atoms with van der Waals surface area (Å²) < 4.78 is 25.6. The van der Waals surface area contributed by atoms with Gasteiger partial charge in [0.2, 0.25) is 0 Å². The van der Waals surface area contributed by atoms with Crippen LogP contribution in [0.4, 0.5) is 0 Å². The van der Waals surface area contributed by atoms with Gasteiger partial charge in [0, 0.05) is 17.4 Å². The first-order valence-electron chi connectivity index (χ1n) is 4.63. The van der Waals surface area contributed by atoms with E-state index in [9.17, 15) is 8.42 Å². The van der Waals surface area contributed by atoms with Crippen LogP contribution in [0.1, 0.15) is 5.82 Å². The number of halogens is 2. The maximum Gasteiger partial charge on any atom is 0.270 e. The van der Waals surface area contributed by atoms with Gasteiger partial charge in [-0.15, -0.1) is 0 Å². The summed E-state index contributed by atoms with van der Waals surface area (Å²) in [4.78, 5) is 3.87. The summed E-state index contributed by atoms with van der Waals surface area (Å²) in [5, 5.41) is 0.474. The van der Waals surface area contributed by atoms with Crippen LogP contribution in [-0.2, 0) is 10.0 Å². The molecule has 0 radical (unpaired) electrons. The van der Waals surface area contributed by atoms with E-state index in [1.54, 1.807) is 6.92 Å². The van der Waals surface area contributed by atoms with Gasteiger partial charge in [-0.25, -0.2) is 17.4 Å². The lowest BCUT2D eigenvalue weighted by atomic mass is 10.4. The molecule has 0 atom stereocenters. The highest BCUT2D eigenvalue weighted by molar-refractivity contribution is 7.90. The molecule has 0 saturated heterocycles. The lowest BCUT2D eigenvalue weighted by Gasteiger charge is -2.08. The molecule has 2 rings (SSSR count). The Bertz CT molecular complexity index is 665. The van der Waals surface area contributed by atoms with Crippen molar-refractivity contribution in [3.63, 3.8) is 0 Å². The van der Waals surface area contributed by atoms with Crippen LogP contribution in [0, 0.1) is 6.92 Å². The van der Waals surface area contributed by atoms with E-state index in [1.807, 2.05) is 0 Å². The molecular weight excluding hydrogens is 283 g/mol. The predicted octanol–water partition coefficient (Wildman–Crippen LogP) is 2.74. The van der Waals surface area contributed by atoms with E-state index in [0.717, 1.165) is 3.97 Å². The van der Waals surface area contributed by atoms with Gasteiger partial charge in [0.1, 0.15) is 10.7 Å². The molecule has 4 nitrogen and oxygen atoms in total. The summed E-state index contributed by atoms with van der Waals surface area (Å²) in [6.45, 7) is 1.60. The summed E-state index contributed by atoms with van der Waals surface area (Å²) in [5.41, 5.74) is 0. The summed E-state index contributed by atoms with van der Waals surface area (Å²) >= 11 is 11.6. The second kappa shape index (κ2) is 4.33. The van der Waals surface area contributed by atoms with Crippen LogP contribution in [0.15, 0.2) is 35.5 Å². The van der Waals surface area contributed by atoms with Crippen molar-refractivity contribution in [2.75, 3.05) is 0 Å². The minimum Gasteiger partial charge on any atom is -0.241 e. The number of imidazole rings is 1. The second-order valence-corrected chi connectivity index (χ2v) is 5.98. The number of hydrogen-bond donors (Lipinski definition) is 0. The third-order valence-electron chi connectivity index (χ3n) is 2.21. The lowest BCUT2D eigenvalue weighted by molar-refractivity contribution is 0.586. The molecule has 0 amide bonds. The fourth-order valence-electron chi connectivity index (χ4n) is 1.41. The smallest absolute Gasteiger partial charge is 0.241 e. The molecule has 0 fully saturated rings. The summed E-state index contributed by atoms with van der Waals surface area (Å²) in [5.74, 6) is 0.371. The van der Waals surface area contributed by atoms with E-state index in [0.29, 0.717) is 10.8 Å². The number of rotatable bonds is 2. The van der Waals surface area contributed by atoms with E-state index in [2.05, 4.69) is 4.98 Å². The Kier molecular flexibility index (Phi) is 3.16. The zero-order valence-corrected chi connectivity index (χ0v) is 11.1. The molecule has 0 unspecified atom stereocenters. The number of aromatic nitrogens is 2. The van der Waals surface area contributed by atoms with Gasteiger partial charge in [-0.3, -0.25) is 0 Å². The first kappa shape index (κ1) is 12.4. The van der Waals surface area contributed by atoms with Crippen molar-refractivity contribution in [2.45, 2.75) is 11.8 Å². The Balaban J connectivity index is 2.65. The van der Waals surface area contributed by atoms with Crippen LogP contribution in [0.25, 0.3) is 0 Å². The largest absolute Gasteiger partial charge is 0.270 e. The molecule has 1 aromatic heterocycles. The Morgan fingerprint density at radius 3 is 2.53 bits per heavy atom. The molecule has 2 aromatic rings. The standard InChI is InChI=1S/C10H8Cl2N2O2S/c1-7-13-4-5-14(7)17(15,16)10-3-2-8(11)6-9(10)12/h2-6H,1H3. The van der Waals surface area contributed by atoms with E-state index in [1.165, 1.54) is 30.6 Å². The molecule has 0 spiro atoms. The van der Waals surface area contributed by atoms with Crippen molar-refractivity contribution in [2.24, 2.45) is 0 Å². The monoisotopic (exact) mass is 290 g/mol. The van der Waals surface area contributed by atoms with Crippen molar-refractivity contribution >= 4 is 33.2 Å². The first-order chi connectivity index (χ1) is 7.93. The number of benzene rings is 1. The molecule has 90 valence electrons. The van der Waals surface area contributed by atoms with E-state index in [-0.39, 0.29) is 9.92 Å². The van der Waals surface area contributed by atoms with Crippen molar-refractivity contribution in [3.8, 4) is 0 Å². The quantitative estimate of drug-likeness (QED) is 0.855. The van der Waals surface area contributed by atoms with Crippen molar-refractivity contribution in [1.29, 1.82) is 0 Å². The molecule has 0 saturated carbocycles. The number of aryl methyl sites for hydroxylation is 1. The molecule has 0 aliphatic rings. The lowest BCUT2D eigenvalue weighted by Crippen LogP contribution is -2.14. The molecule has 0 bridgehead atoms. The summed E-state index contributed by atoms with van der Waals surface area (Å²) in [7, 11) is -3.71. The van der Waals surface area contributed by atoms with E-state index >= 15 is 0 Å². The van der Waals surface area contributed by atoms with Crippen LogP contribution in [-0.4, -0.2) is 17.4 Å². The zero-order valence-electron chi connectivity index (χ0n) is 8.76. The average molecular weight is 291 g/mol. The van der Waals surface area contributed by atoms with Gasteiger partial charge in [0.25, 0.3) is 10.0 Å². The van der Waals surface area contributed by atoms with E-state index < -0.39 is 10.0 Å². The highest BCUT2D eigenvalue weighted by Gasteiger charge is 2.21. The Morgan fingerprint density at radius 1 is 1.29 bits per heavy atom. The predicted molar refractivity (Wildman–Crippen MR) is 66.0 cm³/mol. The molecule has 0 N–H and O–H groups in total. The Morgan fingerprint density at radius 2 is 2.00 bits per heavy atom. The maximum atomic E-state index is 12.2. The maximum absolute atomic E-state index is 12.2. The van der Waals surface area contributed by atoms with Gasteiger partial charge in [0.05, 0.1) is 5.02 Å². The molecule has 1 heterocycles. The van der Waals surface area contributed by atoms with Gasteiger partial charge in [-0.05, 0) is 25.1 Å². The normalized spacial score (nSPS) is 11.7.